The van der Waals surface area contributed by atoms with Crippen LogP contribution in [0.5, 0.6) is 0 Å². The average Bonchev–Trinajstić information content (AvgIpc) is 2.55. The second-order valence-corrected chi connectivity index (χ2v) is 5.93. The molecule has 0 atom stereocenters. The van der Waals surface area contributed by atoms with E-state index in [9.17, 15) is 4.79 Å². The standard InChI is InChI=1S/C16H24Cl2N4O2.HI/c1-4-19-16(21-10-15(23)20-7-8-24-3)22(2)11-12-5-6-13(17)14(18)9-12;/h5-6,9H,4,7-8,10-11H2,1-3H3,(H,19,21)(H,20,23);1H. The highest BCUT2D eigenvalue weighted by Gasteiger charge is 2.09. The number of amides is 1. The minimum Gasteiger partial charge on any atom is -0.383 e. The highest BCUT2D eigenvalue weighted by Crippen LogP contribution is 2.23. The van der Waals surface area contributed by atoms with Crippen LogP contribution in [0.15, 0.2) is 23.2 Å². The van der Waals surface area contributed by atoms with Crippen LogP contribution in [-0.2, 0) is 16.1 Å². The fourth-order valence-corrected chi connectivity index (χ4v) is 2.27. The molecule has 2 N–H and O–H groups in total. The van der Waals surface area contributed by atoms with Gasteiger partial charge in [-0.15, -0.1) is 24.0 Å². The van der Waals surface area contributed by atoms with Gasteiger partial charge in [-0.1, -0.05) is 29.3 Å². The van der Waals surface area contributed by atoms with Crippen LogP contribution in [0.4, 0.5) is 0 Å². The highest BCUT2D eigenvalue weighted by molar-refractivity contribution is 14.0. The van der Waals surface area contributed by atoms with E-state index in [1.54, 1.807) is 13.2 Å². The fraction of sp³-hybridized carbons (Fsp3) is 0.500. The van der Waals surface area contributed by atoms with E-state index in [0.29, 0.717) is 42.2 Å². The van der Waals surface area contributed by atoms with Crippen LogP contribution in [0.2, 0.25) is 10.0 Å². The van der Waals surface area contributed by atoms with E-state index < -0.39 is 0 Å². The van der Waals surface area contributed by atoms with Crippen LogP contribution in [0.25, 0.3) is 0 Å². The summed E-state index contributed by atoms with van der Waals surface area (Å²) in [5.41, 5.74) is 1.00. The number of aliphatic imine (C=N–C) groups is 1. The number of methoxy groups -OCH3 is 1. The molecule has 6 nitrogen and oxygen atoms in total. The first kappa shape index (κ1) is 24.2. The minimum atomic E-state index is -0.148. The lowest BCUT2D eigenvalue weighted by molar-refractivity contribution is -0.119. The quantitative estimate of drug-likeness (QED) is 0.248. The van der Waals surface area contributed by atoms with E-state index in [2.05, 4.69) is 15.6 Å². The van der Waals surface area contributed by atoms with Gasteiger partial charge in [0.05, 0.1) is 16.7 Å². The van der Waals surface area contributed by atoms with Crippen molar-refractivity contribution in [2.24, 2.45) is 4.99 Å². The molecular weight excluding hydrogens is 478 g/mol. The first-order valence-corrected chi connectivity index (χ1v) is 8.42. The Morgan fingerprint density at radius 3 is 2.60 bits per heavy atom. The van der Waals surface area contributed by atoms with Gasteiger partial charge in [0.15, 0.2) is 5.96 Å². The predicted octanol–water partition coefficient (Wildman–Crippen LogP) is 2.77. The van der Waals surface area contributed by atoms with Gasteiger partial charge in [-0.3, -0.25) is 4.79 Å². The van der Waals surface area contributed by atoms with Crippen molar-refractivity contribution in [2.75, 3.05) is 40.4 Å². The Bertz CT molecular complexity index is 573. The van der Waals surface area contributed by atoms with Crippen LogP contribution >= 0.6 is 47.2 Å². The molecule has 9 heteroatoms. The van der Waals surface area contributed by atoms with E-state index in [4.69, 9.17) is 27.9 Å². The molecule has 0 aliphatic rings. The summed E-state index contributed by atoms with van der Waals surface area (Å²) in [7, 11) is 3.48. The first-order valence-electron chi connectivity index (χ1n) is 7.67. The monoisotopic (exact) mass is 502 g/mol. The molecule has 0 fully saturated rings. The van der Waals surface area contributed by atoms with E-state index in [1.807, 2.05) is 31.0 Å². The lowest BCUT2D eigenvalue weighted by Gasteiger charge is -2.22. The number of hydrogen-bond donors (Lipinski definition) is 2. The number of nitrogens with one attached hydrogen (secondary N) is 2. The zero-order chi connectivity index (χ0) is 17.9. The third kappa shape index (κ3) is 9.48. The molecule has 1 rings (SSSR count). The van der Waals surface area contributed by atoms with Crippen molar-refractivity contribution in [1.82, 2.24) is 15.5 Å². The number of guanidine groups is 1. The topological polar surface area (TPSA) is 66.0 Å². The molecule has 0 radical (unpaired) electrons. The van der Waals surface area contributed by atoms with Gasteiger partial charge in [0, 0.05) is 33.8 Å². The van der Waals surface area contributed by atoms with Gasteiger partial charge >= 0.3 is 0 Å². The summed E-state index contributed by atoms with van der Waals surface area (Å²) in [6.07, 6.45) is 0. The van der Waals surface area contributed by atoms with Crippen molar-refractivity contribution in [1.29, 1.82) is 0 Å². The number of nitrogens with zero attached hydrogens (tertiary/aromatic N) is 2. The van der Waals surface area contributed by atoms with E-state index >= 15 is 0 Å². The van der Waals surface area contributed by atoms with Crippen molar-refractivity contribution in [3.63, 3.8) is 0 Å². The predicted molar refractivity (Wildman–Crippen MR) is 114 cm³/mol. The van der Waals surface area contributed by atoms with Gasteiger partial charge in [-0.05, 0) is 24.6 Å². The van der Waals surface area contributed by atoms with Crippen LogP contribution in [0.3, 0.4) is 0 Å². The van der Waals surface area contributed by atoms with Gasteiger partial charge in [-0.2, -0.15) is 0 Å². The number of carbonyl (C=O) groups excluding carboxylic acids is 1. The summed E-state index contributed by atoms with van der Waals surface area (Å²) in [6, 6.07) is 5.49. The van der Waals surface area contributed by atoms with Gasteiger partial charge in [-0.25, -0.2) is 4.99 Å². The molecule has 0 bridgehead atoms. The van der Waals surface area contributed by atoms with E-state index in [1.165, 1.54) is 0 Å². The number of hydrogen-bond acceptors (Lipinski definition) is 3. The van der Waals surface area contributed by atoms with Crippen LogP contribution in [0, 0.1) is 0 Å². The maximum Gasteiger partial charge on any atom is 0.241 e. The van der Waals surface area contributed by atoms with Crippen molar-refractivity contribution >= 4 is 59.0 Å². The lowest BCUT2D eigenvalue weighted by Crippen LogP contribution is -2.39. The molecule has 0 spiro atoms. The largest absolute Gasteiger partial charge is 0.383 e. The fourth-order valence-electron chi connectivity index (χ4n) is 1.95. The van der Waals surface area contributed by atoms with Gasteiger partial charge < -0.3 is 20.3 Å². The average molecular weight is 503 g/mol. The minimum absolute atomic E-state index is 0. The van der Waals surface area contributed by atoms with Crippen molar-refractivity contribution in [3.05, 3.63) is 33.8 Å². The summed E-state index contributed by atoms with van der Waals surface area (Å²) in [4.78, 5) is 18.0. The Morgan fingerprint density at radius 1 is 1.28 bits per heavy atom. The molecule has 0 aliphatic carbocycles. The van der Waals surface area contributed by atoms with Crippen molar-refractivity contribution in [2.45, 2.75) is 13.5 Å². The Hall–Kier alpha value is -0.770. The molecule has 0 saturated heterocycles. The molecule has 0 aliphatic heterocycles. The summed E-state index contributed by atoms with van der Waals surface area (Å²) < 4.78 is 4.89. The number of halogens is 3. The maximum absolute atomic E-state index is 11.7. The summed E-state index contributed by atoms with van der Waals surface area (Å²) in [5, 5.41) is 6.94. The second kappa shape index (κ2) is 13.4. The summed E-state index contributed by atoms with van der Waals surface area (Å²) in [6.45, 7) is 4.27. The molecule has 1 amide bonds. The Morgan fingerprint density at radius 2 is 2.00 bits per heavy atom. The maximum atomic E-state index is 11.7. The van der Waals surface area contributed by atoms with Crippen molar-refractivity contribution in [3.8, 4) is 0 Å². The Kier molecular flexibility index (Phi) is 13.0. The molecule has 0 unspecified atom stereocenters. The second-order valence-electron chi connectivity index (χ2n) is 5.12. The van der Waals surface area contributed by atoms with E-state index in [-0.39, 0.29) is 36.4 Å². The smallest absolute Gasteiger partial charge is 0.241 e. The molecular formula is C16H25Cl2IN4O2. The van der Waals surface area contributed by atoms with Crippen LogP contribution in [0.1, 0.15) is 12.5 Å². The Balaban J connectivity index is 0.00000576. The number of carbonyl (C=O) groups is 1. The summed E-state index contributed by atoms with van der Waals surface area (Å²) >= 11 is 12.0. The molecule has 1 aromatic rings. The molecule has 142 valence electrons. The normalized spacial score (nSPS) is 10.8. The molecule has 0 saturated carbocycles. The third-order valence-electron chi connectivity index (χ3n) is 3.10. The van der Waals surface area contributed by atoms with Gasteiger partial charge in [0.1, 0.15) is 6.54 Å². The van der Waals surface area contributed by atoms with Crippen molar-refractivity contribution < 1.29 is 9.53 Å². The number of benzene rings is 1. The third-order valence-corrected chi connectivity index (χ3v) is 3.84. The number of rotatable bonds is 8. The lowest BCUT2D eigenvalue weighted by atomic mass is 10.2. The Labute approximate surface area is 176 Å². The van der Waals surface area contributed by atoms with Gasteiger partial charge in [0.2, 0.25) is 5.91 Å². The van der Waals surface area contributed by atoms with Crippen LogP contribution in [-0.4, -0.2) is 57.2 Å². The van der Waals surface area contributed by atoms with Gasteiger partial charge in [0.25, 0.3) is 0 Å². The molecule has 25 heavy (non-hydrogen) atoms. The van der Waals surface area contributed by atoms with Crippen LogP contribution < -0.4 is 10.6 Å². The van der Waals surface area contributed by atoms with E-state index in [0.717, 1.165) is 5.56 Å². The zero-order valence-corrected chi connectivity index (χ0v) is 18.5. The molecule has 0 heterocycles. The first-order chi connectivity index (χ1) is 11.5. The molecule has 0 aromatic heterocycles. The summed E-state index contributed by atoms with van der Waals surface area (Å²) in [5.74, 6) is 0.496. The zero-order valence-electron chi connectivity index (χ0n) is 14.6. The molecule has 1 aromatic carbocycles. The highest BCUT2D eigenvalue weighted by atomic mass is 127. The SMILES string of the molecule is CCNC(=NCC(=O)NCCOC)N(C)Cc1ccc(Cl)c(Cl)c1.I. The number of ether oxygens (including phenoxy) is 1.